The van der Waals surface area contributed by atoms with E-state index in [1.165, 1.54) is 7.11 Å². The van der Waals surface area contributed by atoms with E-state index in [0.29, 0.717) is 29.8 Å². The molecule has 1 aliphatic heterocycles. The molecule has 31 heavy (non-hydrogen) atoms. The molecule has 4 rings (SSSR count). The summed E-state index contributed by atoms with van der Waals surface area (Å²) in [5.41, 5.74) is 3.45. The van der Waals surface area contributed by atoms with E-state index in [-0.39, 0.29) is 11.8 Å². The monoisotopic (exact) mass is 414 g/mol. The van der Waals surface area contributed by atoms with Crippen LogP contribution in [0, 0.1) is 0 Å². The predicted octanol–water partition coefficient (Wildman–Crippen LogP) is 3.68. The maximum absolute atomic E-state index is 13.3. The molecule has 1 aliphatic rings. The Kier molecular flexibility index (Phi) is 5.80. The maximum atomic E-state index is 13.3. The highest BCUT2D eigenvalue weighted by molar-refractivity contribution is 6.03. The molecule has 0 saturated carbocycles. The zero-order valence-electron chi connectivity index (χ0n) is 17.1. The average molecular weight is 414 g/mol. The third-order valence-electron chi connectivity index (χ3n) is 5.37. The van der Waals surface area contributed by atoms with Crippen LogP contribution in [0.5, 0.6) is 0 Å². The Labute approximate surface area is 180 Å². The Hall–Kier alpha value is -3.93. The Morgan fingerprint density at radius 3 is 2.32 bits per heavy atom. The van der Waals surface area contributed by atoms with E-state index in [1.54, 1.807) is 35.2 Å². The van der Waals surface area contributed by atoms with E-state index in [4.69, 9.17) is 4.74 Å². The molecule has 3 aromatic rings. The lowest BCUT2D eigenvalue weighted by molar-refractivity contribution is -0.120. The molecule has 0 bridgehead atoms. The summed E-state index contributed by atoms with van der Waals surface area (Å²) >= 11 is 0. The van der Waals surface area contributed by atoms with Crippen molar-refractivity contribution in [3.63, 3.8) is 0 Å². The summed E-state index contributed by atoms with van der Waals surface area (Å²) < 4.78 is 4.70. The molecule has 0 spiro atoms. The van der Waals surface area contributed by atoms with Crippen molar-refractivity contribution < 1.29 is 19.1 Å². The van der Waals surface area contributed by atoms with Gasteiger partial charge in [0.2, 0.25) is 5.91 Å². The summed E-state index contributed by atoms with van der Waals surface area (Å²) in [6, 6.07) is 22.8. The summed E-state index contributed by atoms with van der Waals surface area (Å²) in [6.07, 6.45) is 0.395. The van der Waals surface area contributed by atoms with Crippen molar-refractivity contribution in [1.82, 2.24) is 4.90 Å². The molecule has 1 heterocycles. The van der Waals surface area contributed by atoms with Gasteiger partial charge in [-0.1, -0.05) is 48.5 Å². The summed E-state index contributed by atoms with van der Waals surface area (Å²) in [5.74, 6) is -0.871. The second kappa shape index (κ2) is 8.83. The van der Waals surface area contributed by atoms with E-state index in [9.17, 15) is 14.4 Å². The van der Waals surface area contributed by atoms with Gasteiger partial charge in [-0.15, -0.1) is 0 Å². The van der Waals surface area contributed by atoms with Crippen molar-refractivity contribution >= 4 is 23.5 Å². The van der Waals surface area contributed by atoms with Crippen LogP contribution in [-0.4, -0.2) is 35.8 Å². The number of nitrogens with zero attached hydrogens (tertiary/aromatic N) is 1. The number of nitrogens with one attached hydrogen (secondary N) is 1. The zero-order chi connectivity index (χ0) is 21.8. The minimum atomic E-state index is -0.678. The molecule has 0 fully saturated rings. The number of anilines is 1. The van der Waals surface area contributed by atoms with Crippen LogP contribution >= 0.6 is 0 Å². The first-order chi connectivity index (χ1) is 15.1. The third-order valence-corrected chi connectivity index (χ3v) is 5.37. The Morgan fingerprint density at radius 1 is 0.968 bits per heavy atom. The van der Waals surface area contributed by atoms with Gasteiger partial charge < -0.3 is 15.0 Å². The van der Waals surface area contributed by atoms with Gasteiger partial charge in [-0.2, -0.15) is 0 Å². The lowest BCUT2D eigenvalue weighted by Gasteiger charge is -2.27. The van der Waals surface area contributed by atoms with Crippen molar-refractivity contribution in [2.75, 3.05) is 12.4 Å². The molecule has 156 valence electrons. The van der Waals surface area contributed by atoms with Crippen LogP contribution in [0.15, 0.2) is 78.9 Å². The summed E-state index contributed by atoms with van der Waals surface area (Å²) in [6.45, 7) is 0.390. The van der Waals surface area contributed by atoms with Crippen LogP contribution < -0.4 is 5.32 Å². The first-order valence-corrected chi connectivity index (χ1v) is 9.99. The molecule has 6 nitrogen and oxygen atoms in total. The first kappa shape index (κ1) is 20.3. The van der Waals surface area contributed by atoms with Crippen molar-refractivity contribution in [2.45, 2.75) is 19.0 Å². The van der Waals surface area contributed by atoms with Crippen LogP contribution in [0.2, 0.25) is 0 Å². The van der Waals surface area contributed by atoms with Crippen LogP contribution in [-0.2, 0) is 22.5 Å². The number of hydrogen-bond donors (Lipinski definition) is 1. The van der Waals surface area contributed by atoms with Gasteiger partial charge in [-0.25, -0.2) is 4.79 Å². The van der Waals surface area contributed by atoms with E-state index >= 15 is 0 Å². The summed E-state index contributed by atoms with van der Waals surface area (Å²) in [7, 11) is 1.32. The molecule has 1 atom stereocenters. The average Bonchev–Trinajstić information content (AvgIpc) is 3.14. The fourth-order valence-corrected chi connectivity index (χ4v) is 3.74. The number of benzene rings is 3. The highest BCUT2D eigenvalue weighted by atomic mass is 16.5. The molecule has 2 amide bonds. The molecule has 0 radical (unpaired) electrons. The normalized spacial score (nSPS) is 13.5. The van der Waals surface area contributed by atoms with E-state index in [2.05, 4.69) is 5.32 Å². The number of carbonyl (C=O) groups is 3. The molecule has 6 heteroatoms. The number of hydrogen-bond acceptors (Lipinski definition) is 4. The van der Waals surface area contributed by atoms with Gasteiger partial charge in [0.05, 0.1) is 12.7 Å². The molecular formula is C25H22N2O4. The molecule has 1 unspecified atom stereocenters. The third kappa shape index (κ3) is 4.33. The second-order valence-electron chi connectivity index (χ2n) is 7.35. The van der Waals surface area contributed by atoms with Gasteiger partial charge in [0, 0.05) is 24.2 Å². The van der Waals surface area contributed by atoms with Crippen molar-refractivity contribution in [1.29, 1.82) is 0 Å². The topological polar surface area (TPSA) is 75.7 Å². The van der Waals surface area contributed by atoms with Gasteiger partial charge >= 0.3 is 5.97 Å². The van der Waals surface area contributed by atoms with Gasteiger partial charge in [0.15, 0.2) is 0 Å². The van der Waals surface area contributed by atoms with Gasteiger partial charge in [-0.3, -0.25) is 9.59 Å². The number of rotatable bonds is 6. The molecule has 0 aliphatic carbocycles. The SMILES string of the molecule is COC(=O)c1ccc(NC(=O)C(Cc2ccccc2)N2Cc3ccccc3C2=O)cc1. The number of esters is 1. The molecule has 0 aromatic heterocycles. The zero-order valence-corrected chi connectivity index (χ0v) is 17.1. The van der Waals surface area contributed by atoms with E-state index in [1.807, 2.05) is 48.5 Å². The van der Waals surface area contributed by atoms with Gasteiger partial charge in [0.1, 0.15) is 6.04 Å². The van der Waals surface area contributed by atoms with Crippen molar-refractivity contribution in [2.24, 2.45) is 0 Å². The molecular weight excluding hydrogens is 392 g/mol. The number of amides is 2. The number of carbonyl (C=O) groups excluding carboxylic acids is 3. The maximum Gasteiger partial charge on any atom is 0.337 e. The summed E-state index contributed by atoms with van der Waals surface area (Å²) in [4.78, 5) is 39.6. The van der Waals surface area contributed by atoms with Crippen LogP contribution in [0.25, 0.3) is 0 Å². The predicted molar refractivity (Wildman–Crippen MR) is 117 cm³/mol. The first-order valence-electron chi connectivity index (χ1n) is 9.99. The molecule has 3 aromatic carbocycles. The number of fused-ring (bicyclic) bond motifs is 1. The van der Waals surface area contributed by atoms with Crippen LogP contribution in [0.3, 0.4) is 0 Å². The highest BCUT2D eigenvalue weighted by Crippen LogP contribution is 2.26. The lowest BCUT2D eigenvalue weighted by Crippen LogP contribution is -2.45. The lowest BCUT2D eigenvalue weighted by atomic mass is 10.0. The highest BCUT2D eigenvalue weighted by Gasteiger charge is 2.36. The van der Waals surface area contributed by atoms with Crippen molar-refractivity contribution in [3.8, 4) is 0 Å². The largest absolute Gasteiger partial charge is 0.465 e. The number of methoxy groups -OCH3 is 1. The van der Waals surface area contributed by atoms with Crippen molar-refractivity contribution in [3.05, 3.63) is 101 Å². The number of ether oxygens (including phenoxy) is 1. The minimum absolute atomic E-state index is 0.146. The fraction of sp³-hybridized carbons (Fsp3) is 0.160. The fourth-order valence-electron chi connectivity index (χ4n) is 3.74. The quantitative estimate of drug-likeness (QED) is 0.625. The standard InChI is InChI=1S/C25H22N2O4/c1-31-25(30)18-11-13-20(14-12-18)26-23(28)22(15-17-7-3-2-4-8-17)27-16-19-9-5-6-10-21(19)24(27)29/h2-14,22H,15-16H2,1H3,(H,26,28). The van der Waals surface area contributed by atoms with E-state index in [0.717, 1.165) is 11.1 Å². The smallest absolute Gasteiger partial charge is 0.337 e. The van der Waals surface area contributed by atoms with E-state index < -0.39 is 12.0 Å². The van der Waals surface area contributed by atoms with Gasteiger partial charge in [0.25, 0.3) is 5.91 Å². The Bertz CT molecular complexity index is 1110. The Balaban J connectivity index is 1.58. The van der Waals surface area contributed by atoms with Crippen LogP contribution in [0.1, 0.15) is 31.8 Å². The summed E-state index contributed by atoms with van der Waals surface area (Å²) in [5, 5.41) is 2.89. The van der Waals surface area contributed by atoms with Gasteiger partial charge in [-0.05, 0) is 41.5 Å². The second-order valence-corrected chi connectivity index (χ2v) is 7.35. The minimum Gasteiger partial charge on any atom is -0.465 e. The molecule has 1 N–H and O–H groups in total. The van der Waals surface area contributed by atoms with Crippen LogP contribution in [0.4, 0.5) is 5.69 Å². The Morgan fingerprint density at radius 2 is 1.65 bits per heavy atom. The molecule has 0 saturated heterocycles.